The zero-order valence-electron chi connectivity index (χ0n) is 10.5. The SMILES string of the molecule is O=C(O)CN(CC(=O)NC1CC1)C1CCS(=O)(=O)C1. The third kappa shape index (κ3) is 4.46. The van der Waals surface area contributed by atoms with E-state index in [4.69, 9.17) is 5.11 Å². The fourth-order valence-electron chi connectivity index (χ4n) is 2.24. The number of nitrogens with one attached hydrogen (secondary N) is 1. The fourth-order valence-corrected chi connectivity index (χ4v) is 4.00. The normalized spacial score (nSPS) is 25.4. The van der Waals surface area contributed by atoms with Gasteiger partial charge in [0.15, 0.2) is 9.84 Å². The summed E-state index contributed by atoms with van der Waals surface area (Å²) in [6.45, 7) is -0.360. The van der Waals surface area contributed by atoms with Crippen LogP contribution in [0.5, 0.6) is 0 Å². The number of sulfone groups is 1. The molecule has 0 aromatic carbocycles. The highest BCUT2D eigenvalue weighted by Gasteiger charge is 2.34. The number of rotatable bonds is 6. The molecule has 108 valence electrons. The minimum absolute atomic E-state index is 0.0526. The van der Waals surface area contributed by atoms with E-state index >= 15 is 0 Å². The van der Waals surface area contributed by atoms with Gasteiger partial charge in [-0.05, 0) is 19.3 Å². The standard InChI is InChI=1S/C11H18N2O5S/c14-10(12-8-1-2-8)5-13(6-11(15)16)9-3-4-19(17,18)7-9/h8-9H,1-7H2,(H,12,14)(H,15,16). The maximum absolute atomic E-state index is 11.7. The molecule has 0 radical (unpaired) electrons. The lowest BCUT2D eigenvalue weighted by molar-refractivity contribution is -0.139. The first-order chi connectivity index (χ1) is 8.85. The molecule has 8 heteroatoms. The monoisotopic (exact) mass is 290 g/mol. The van der Waals surface area contributed by atoms with Crippen molar-refractivity contribution in [3.63, 3.8) is 0 Å². The summed E-state index contributed by atoms with van der Waals surface area (Å²) in [5, 5.41) is 11.6. The highest BCUT2D eigenvalue weighted by Crippen LogP contribution is 2.20. The zero-order chi connectivity index (χ0) is 14.0. The van der Waals surface area contributed by atoms with Gasteiger partial charge in [0.05, 0.1) is 24.6 Å². The van der Waals surface area contributed by atoms with Crippen molar-refractivity contribution in [3.8, 4) is 0 Å². The lowest BCUT2D eigenvalue weighted by atomic mass is 10.2. The molecule has 1 atom stereocenters. The summed E-state index contributed by atoms with van der Waals surface area (Å²) in [4.78, 5) is 24.0. The Morgan fingerprint density at radius 1 is 1.21 bits per heavy atom. The Balaban J connectivity index is 1.94. The van der Waals surface area contributed by atoms with Gasteiger partial charge in [0.1, 0.15) is 0 Å². The molecule has 0 spiro atoms. The maximum Gasteiger partial charge on any atom is 0.317 e. The summed E-state index contributed by atoms with van der Waals surface area (Å²) >= 11 is 0. The van der Waals surface area contributed by atoms with Crippen LogP contribution >= 0.6 is 0 Å². The lowest BCUT2D eigenvalue weighted by Crippen LogP contribution is -2.46. The summed E-state index contributed by atoms with van der Waals surface area (Å²) in [5.74, 6) is -1.27. The van der Waals surface area contributed by atoms with Crippen molar-refractivity contribution in [2.45, 2.75) is 31.3 Å². The van der Waals surface area contributed by atoms with E-state index in [1.807, 2.05) is 0 Å². The molecule has 2 fully saturated rings. The number of nitrogens with zero attached hydrogens (tertiary/aromatic N) is 1. The van der Waals surface area contributed by atoms with E-state index in [2.05, 4.69) is 5.32 Å². The quantitative estimate of drug-likeness (QED) is 0.639. The molecule has 2 aliphatic rings. The number of carbonyl (C=O) groups excluding carboxylic acids is 1. The van der Waals surface area contributed by atoms with Crippen molar-refractivity contribution in [1.82, 2.24) is 10.2 Å². The third-order valence-corrected chi connectivity index (χ3v) is 5.10. The molecule has 0 aromatic heterocycles. The number of hydrogen-bond acceptors (Lipinski definition) is 5. The summed E-state index contributed by atoms with van der Waals surface area (Å²) < 4.78 is 22.9. The molecule has 1 amide bonds. The maximum atomic E-state index is 11.7. The number of carboxylic acids is 1. The lowest BCUT2D eigenvalue weighted by Gasteiger charge is -2.25. The molecule has 1 heterocycles. The molecule has 19 heavy (non-hydrogen) atoms. The predicted molar refractivity (Wildman–Crippen MR) is 67.4 cm³/mol. The van der Waals surface area contributed by atoms with Gasteiger partial charge in [-0.3, -0.25) is 14.5 Å². The van der Waals surface area contributed by atoms with Crippen LogP contribution in [0.25, 0.3) is 0 Å². The largest absolute Gasteiger partial charge is 0.480 e. The van der Waals surface area contributed by atoms with Crippen molar-refractivity contribution in [2.75, 3.05) is 24.6 Å². The second kappa shape index (κ2) is 5.46. The molecule has 1 aliphatic heterocycles. The summed E-state index contributed by atoms with van der Waals surface area (Å²) in [7, 11) is -3.09. The Labute approximate surface area is 111 Å². The Bertz CT molecular complexity index is 471. The number of carboxylic acid groups (broad SMARTS) is 1. The molecule has 1 saturated carbocycles. The first kappa shape index (κ1) is 14.3. The summed E-state index contributed by atoms with van der Waals surface area (Å²) in [6, 6.07) is -0.155. The molecule has 2 N–H and O–H groups in total. The number of amides is 1. The average Bonchev–Trinajstić information content (AvgIpc) is 2.99. The first-order valence-corrected chi connectivity index (χ1v) is 8.13. The Morgan fingerprint density at radius 2 is 1.89 bits per heavy atom. The van der Waals surface area contributed by atoms with Gasteiger partial charge >= 0.3 is 5.97 Å². The summed E-state index contributed by atoms with van der Waals surface area (Å²) in [6.07, 6.45) is 2.32. The minimum atomic E-state index is -3.09. The van der Waals surface area contributed by atoms with Crippen LogP contribution < -0.4 is 5.32 Å². The number of aliphatic carboxylic acids is 1. The van der Waals surface area contributed by atoms with Crippen LogP contribution in [0.4, 0.5) is 0 Å². The smallest absolute Gasteiger partial charge is 0.317 e. The minimum Gasteiger partial charge on any atom is -0.480 e. The molecular formula is C11H18N2O5S. The summed E-state index contributed by atoms with van der Waals surface area (Å²) in [5.41, 5.74) is 0. The van der Waals surface area contributed by atoms with Gasteiger partial charge in [-0.25, -0.2) is 8.42 Å². The van der Waals surface area contributed by atoms with Crippen LogP contribution in [0.3, 0.4) is 0 Å². The zero-order valence-corrected chi connectivity index (χ0v) is 11.4. The second-order valence-electron chi connectivity index (χ2n) is 5.20. The second-order valence-corrected chi connectivity index (χ2v) is 7.43. The van der Waals surface area contributed by atoms with Crippen LogP contribution in [0, 0.1) is 0 Å². The van der Waals surface area contributed by atoms with Crippen LogP contribution in [-0.2, 0) is 19.4 Å². The average molecular weight is 290 g/mol. The Kier molecular flexibility index (Phi) is 4.10. The Morgan fingerprint density at radius 3 is 2.37 bits per heavy atom. The molecule has 1 unspecified atom stereocenters. The highest BCUT2D eigenvalue weighted by molar-refractivity contribution is 7.91. The molecule has 1 aliphatic carbocycles. The van der Waals surface area contributed by atoms with Crippen LogP contribution in [0.2, 0.25) is 0 Å². The van der Waals surface area contributed by atoms with E-state index in [-0.39, 0.29) is 42.6 Å². The predicted octanol–water partition coefficient (Wildman–Crippen LogP) is -1.16. The van der Waals surface area contributed by atoms with Gasteiger partial charge in [-0.1, -0.05) is 0 Å². The van der Waals surface area contributed by atoms with Crippen molar-refractivity contribution >= 4 is 21.7 Å². The van der Waals surface area contributed by atoms with E-state index < -0.39 is 15.8 Å². The van der Waals surface area contributed by atoms with Crippen molar-refractivity contribution in [3.05, 3.63) is 0 Å². The third-order valence-electron chi connectivity index (χ3n) is 3.35. The number of hydrogen-bond donors (Lipinski definition) is 2. The molecule has 1 saturated heterocycles. The van der Waals surface area contributed by atoms with E-state index in [1.54, 1.807) is 0 Å². The van der Waals surface area contributed by atoms with Crippen LogP contribution in [-0.4, -0.2) is 67.0 Å². The van der Waals surface area contributed by atoms with E-state index in [0.29, 0.717) is 6.42 Å². The molecule has 0 aromatic rings. The van der Waals surface area contributed by atoms with E-state index in [9.17, 15) is 18.0 Å². The topological polar surface area (TPSA) is 104 Å². The molecular weight excluding hydrogens is 272 g/mol. The van der Waals surface area contributed by atoms with Gasteiger partial charge in [0, 0.05) is 12.1 Å². The number of carbonyl (C=O) groups is 2. The van der Waals surface area contributed by atoms with Crippen molar-refractivity contribution in [1.29, 1.82) is 0 Å². The van der Waals surface area contributed by atoms with Gasteiger partial charge in [0.2, 0.25) is 5.91 Å². The highest BCUT2D eigenvalue weighted by atomic mass is 32.2. The van der Waals surface area contributed by atoms with E-state index in [0.717, 1.165) is 12.8 Å². The molecule has 7 nitrogen and oxygen atoms in total. The van der Waals surface area contributed by atoms with E-state index in [1.165, 1.54) is 4.90 Å². The first-order valence-electron chi connectivity index (χ1n) is 6.31. The van der Waals surface area contributed by atoms with Crippen molar-refractivity contribution < 1.29 is 23.1 Å². The van der Waals surface area contributed by atoms with Gasteiger partial charge in [-0.2, -0.15) is 0 Å². The van der Waals surface area contributed by atoms with Crippen LogP contribution in [0.15, 0.2) is 0 Å². The van der Waals surface area contributed by atoms with Crippen molar-refractivity contribution in [2.24, 2.45) is 0 Å². The fraction of sp³-hybridized carbons (Fsp3) is 0.818. The molecule has 2 rings (SSSR count). The van der Waals surface area contributed by atoms with Gasteiger partial charge < -0.3 is 10.4 Å². The Hall–Kier alpha value is -1.15. The van der Waals surface area contributed by atoms with Gasteiger partial charge in [-0.15, -0.1) is 0 Å². The van der Waals surface area contributed by atoms with Gasteiger partial charge in [0.25, 0.3) is 0 Å². The van der Waals surface area contributed by atoms with Crippen LogP contribution in [0.1, 0.15) is 19.3 Å². The molecule has 0 bridgehead atoms.